The maximum Gasteiger partial charge on any atom is 0.472 e. The zero-order valence-corrected chi connectivity index (χ0v) is 36.2. The molecule has 0 fully saturated rings. The average molecular weight is 813 g/mol. The van der Waals surface area contributed by atoms with E-state index in [0.29, 0.717) is 12.8 Å². The highest BCUT2D eigenvalue weighted by Gasteiger charge is 2.27. The third-order valence-corrected chi connectivity index (χ3v) is 10.2. The van der Waals surface area contributed by atoms with E-state index in [1.165, 1.54) is 70.6 Å². The molecule has 0 aliphatic heterocycles. The van der Waals surface area contributed by atoms with Crippen molar-refractivity contribution in [3.8, 4) is 0 Å². The maximum atomic E-state index is 12.6. The van der Waals surface area contributed by atoms with E-state index in [1.807, 2.05) is 0 Å². The van der Waals surface area contributed by atoms with Crippen LogP contribution in [0.1, 0.15) is 187 Å². The molecule has 0 aromatic carbocycles. The topological polar surface area (TPSA) is 149 Å². The molecule has 0 radical (unpaired) electrons. The minimum Gasteiger partial charge on any atom is -0.462 e. The highest BCUT2D eigenvalue weighted by atomic mass is 31.2. The largest absolute Gasteiger partial charge is 0.472 e. The van der Waals surface area contributed by atoms with Gasteiger partial charge in [0.1, 0.15) is 12.7 Å². The average Bonchev–Trinajstić information content (AvgIpc) is 3.19. The molecule has 0 bridgehead atoms. The molecule has 0 aromatic rings. The number of carbonyl (C=O) groups is 2. The molecule has 0 heterocycles. The van der Waals surface area contributed by atoms with Crippen LogP contribution in [0.5, 0.6) is 0 Å². The number of hydrogen-bond acceptors (Lipinski definition) is 9. The maximum absolute atomic E-state index is 12.6. The van der Waals surface area contributed by atoms with E-state index in [-0.39, 0.29) is 19.4 Å². The predicted molar refractivity (Wildman–Crippen MR) is 228 cm³/mol. The van der Waals surface area contributed by atoms with Crippen molar-refractivity contribution in [1.29, 1.82) is 0 Å². The SMILES string of the molecule is CCCC/C=C\C/C=C\CCCCCCCC(=O)OCC(COP(=O)(O)OCC(O)CO)OC(=O)CCCCCCCCCCC/C=C\C/C=C\CCCCC. The lowest BCUT2D eigenvalue weighted by molar-refractivity contribution is -0.161. The Bertz CT molecular complexity index is 1070. The van der Waals surface area contributed by atoms with E-state index in [0.717, 1.165) is 77.0 Å². The second-order valence-corrected chi connectivity index (χ2v) is 16.2. The number of allylic oxidation sites excluding steroid dienone is 8. The summed E-state index contributed by atoms with van der Waals surface area (Å²) < 4.78 is 32.7. The smallest absolute Gasteiger partial charge is 0.462 e. The molecule has 0 saturated carbocycles. The number of aliphatic hydroxyl groups excluding tert-OH is 2. The molecule has 0 aliphatic rings. The first-order chi connectivity index (χ1) is 27.2. The van der Waals surface area contributed by atoms with E-state index < -0.39 is 51.8 Å². The van der Waals surface area contributed by atoms with Crippen molar-refractivity contribution in [2.75, 3.05) is 26.4 Å². The fourth-order valence-corrected chi connectivity index (χ4v) is 6.53. The monoisotopic (exact) mass is 813 g/mol. The summed E-state index contributed by atoms with van der Waals surface area (Å²) in [5.74, 6) is -0.946. The number of aliphatic hydroxyl groups is 2. The summed E-state index contributed by atoms with van der Waals surface area (Å²) in [6.07, 6.45) is 43.5. The first kappa shape index (κ1) is 53.9. The van der Waals surface area contributed by atoms with Gasteiger partial charge < -0.3 is 24.6 Å². The molecule has 326 valence electrons. The Labute approximate surface area is 341 Å². The van der Waals surface area contributed by atoms with Gasteiger partial charge in [0.05, 0.1) is 19.8 Å². The molecule has 0 aromatic heterocycles. The molecule has 3 unspecified atom stereocenters. The Morgan fingerprint density at radius 2 is 0.946 bits per heavy atom. The third-order valence-electron chi connectivity index (χ3n) is 9.21. The molecule has 3 atom stereocenters. The van der Waals surface area contributed by atoms with Gasteiger partial charge in [0.15, 0.2) is 6.10 Å². The third kappa shape index (κ3) is 40.1. The van der Waals surface area contributed by atoms with Gasteiger partial charge in [-0.15, -0.1) is 0 Å². The molecular formula is C45H81O10P. The van der Waals surface area contributed by atoms with Crippen molar-refractivity contribution < 1.29 is 47.8 Å². The van der Waals surface area contributed by atoms with E-state index in [1.54, 1.807) is 0 Å². The molecule has 3 N–H and O–H groups in total. The van der Waals surface area contributed by atoms with E-state index in [9.17, 15) is 24.2 Å². The molecule has 0 spiro atoms. The van der Waals surface area contributed by atoms with Gasteiger partial charge in [-0.1, -0.05) is 152 Å². The lowest BCUT2D eigenvalue weighted by Crippen LogP contribution is -2.29. The van der Waals surface area contributed by atoms with Crippen LogP contribution in [0.25, 0.3) is 0 Å². The van der Waals surface area contributed by atoms with Gasteiger partial charge in [-0.05, 0) is 70.6 Å². The molecule has 0 aliphatic carbocycles. The van der Waals surface area contributed by atoms with Gasteiger partial charge in [0.25, 0.3) is 0 Å². The second-order valence-electron chi connectivity index (χ2n) is 14.7. The predicted octanol–water partition coefficient (Wildman–Crippen LogP) is 11.7. The number of carbonyl (C=O) groups excluding carboxylic acids is 2. The lowest BCUT2D eigenvalue weighted by atomic mass is 10.1. The van der Waals surface area contributed by atoms with Crippen molar-refractivity contribution in [2.45, 2.75) is 199 Å². The van der Waals surface area contributed by atoms with Gasteiger partial charge in [-0.2, -0.15) is 0 Å². The van der Waals surface area contributed by atoms with Crippen molar-refractivity contribution in [2.24, 2.45) is 0 Å². The van der Waals surface area contributed by atoms with Crippen molar-refractivity contribution in [3.05, 3.63) is 48.6 Å². The molecule has 0 saturated heterocycles. The van der Waals surface area contributed by atoms with Crippen LogP contribution in [0.4, 0.5) is 0 Å². The zero-order chi connectivity index (χ0) is 41.2. The summed E-state index contributed by atoms with van der Waals surface area (Å²) in [5, 5.41) is 18.3. The van der Waals surface area contributed by atoms with E-state index in [4.69, 9.17) is 19.1 Å². The fraction of sp³-hybridized carbons (Fsp3) is 0.778. The van der Waals surface area contributed by atoms with Crippen LogP contribution in [-0.4, -0.2) is 65.7 Å². The number of phosphoric ester groups is 1. The number of phosphoric acid groups is 1. The molecule has 10 nitrogen and oxygen atoms in total. The zero-order valence-electron chi connectivity index (χ0n) is 35.3. The van der Waals surface area contributed by atoms with E-state index in [2.05, 4.69) is 67.0 Å². The number of rotatable bonds is 41. The summed E-state index contributed by atoms with van der Waals surface area (Å²) >= 11 is 0. The Balaban J connectivity index is 4.30. The quantitative estimate of drug-likeness (QED) is 0.0236. The summed E-state index contributed by atoms with van der Waals surface area (Å²) in [6, 6.07) is 0. The normalized spacial score (nSPS) is 14.3. The van der Waals surface area contributed by atoms with Crippen molar-refractivity contribution in [3.63, 3.8) is 0 Å². The molecule has 56 heavy (non-hydrogen) atoms. The van der Waals surface area contributed by atoms with Crippen LogP contribution < -0.4 is 0 Å². The summed E-state index contributed by atoms with van der Waals surface area (Å²) in [7, 11) is -4.62. The summed E-state index contributed by atoms with van der Waals surface area (Å²) in [4.78, 5) is 35.0. The Kier molecular flexibility index (Phi) is 39.6. The minimum atomic E-state index is -4.62. The Morgan fingerprint density at radius 1 is 0.536 bits per heavy atom. The van der Waals surface area contributed by atoms with Gasteiger partial charge in [-0.3, -0.25) is 18.6 Å². The van der Waals surface area contributed by atoms with Crippen LogP contribution in [0.2, 0.25) is 0 Å². The van der Waals surface area contributed by atoms with Crippen LogP contribution in [0.15, 0.2) is 48.6 Å². The lowest BCUT2D eigenvalue weighted by Gasteiger charge is -2.20. The van der Waals surface area contributed by atoms with Crippen LogP contribution in [-0.2, 0) is 32.7 Å². The molecular weight excluding hydrogens is 731 g/mol. The Hall–Kier alpha value is -2.07. The van der Waals surface area contributed by atoms with Crippen LogP contribution in [0.3, 0.4) is 0 Å². The van der Waals surface area contributed by atoms with Crippen LogP contribution in [0, 0.1) is 0 Å². The highest BCUT2D eigenvalue weighted by molar-refractivity contribution is 7.47. The molecule has 0 amide bonds. The first-order valence-corrected chi connectivity index (χ1v) is 23.6. The number of esters is 2. The molecule has 11 heteroatoms. The highest BCUT2D eigenvalue weighted by Crippen LogP contribution is 2.43. The second kappa shape index (κ2) is 41.1. The van der Waals surface area contributed by atoms with Crippen LogP contribution >= 0.6 is 7.82 Å². The standard InChI is InChI=1S/C45H81O10P/c1-3-5-7-9-11-13-15-17-19-20-21-22-23-25-27-29-31-33-35-37-45(49)55-43(41-54-56(50,51)53-39-42(47)38-46)40-52-44(48)36-34-32-30-28-26-24-18-16-14-12-10-8-6-4-2/h10-13,16-19,42-43,46-47H,3-9,14-15,20-41H2,1-2H3,(H,50,51)/b12-10-,13-11-,18-16-,19-17-. The molecule has 0 rings (SSSR count). The number of unbranched alkanes of at least 4 members (excludes halogenated alkanes) is 19. The minimum absolute atomic E-state index is 0.175. The summed E-state index contributed by atoms with van der Waals surface area (Å²) in [6.45, 7) is 2.29. The number of ether oxygens (including phenoxy) is 2. The first-order valence-electron chi connectivity index (χ1n) is 22.1. The van der Waals surface area contributed by atoms with Gasteiger partial charge in [-0.25, -0.2) is 4.57 Å². The van der Waals surface area contributed by atoms with Gasteiger partial charge in [0.2, 0.25) is 0 Å². The Morgan fingerprint density at radius 3 is 1.43 bits per heavy atom. The van der Waals surface area contributed by atoms with Crippen molar-refractivity contribution in [1.82, 2.24) is 0 Å². The number of hydrogen-bond donors (Lipinski definition) is 3. The van der Waals surface area contributed by atoms with Gasteiger partial charge in [0, 0.05) is 12.8 Å². The van der Waals surface area contributed by atoms with Crippen molar-refractivity contribution >= 4 is 19.8 Å². The summed E-state index contributed by atoms with van der Waals surface area (Å²) in [5.41, 5.74) is 0. The van der Waals surface area contributed by atoms with Gasteiger partial charge >= 0.3 is 19.8 Å². The fourth-order valence-electron chi connectivity index (χ4n) is 5.74. The van der Waals surface area contributed by atoms with E-state index >= 15 is 0 Å².